The Hall–Kier alpha value is -0.830. The molecule has 0 amide bonds. The molecule has 2 aliphatic rings. The van der Waals surface area contributed by atoms with Gasteiger partial charge < -0.3 is 10.1 Å². The van der Waals surface area contributed by atoms with Gasteiger partial charge in [0.05, 0.1) is 12.9 Å². The zero-order chi connectivity index (χ0) is 12.3. The van der Waals surface area contributed by atoms with Crippen LogP contribution in [0.5, 0.6) is 0 Å². The third-order valence-electron chi connectivity index (χ3n) is 4.13. The number of hydrogen-bond acceptors (Lipinski definition) is 3. The Morgan fingerprint density at radius 3 is 2.88 bits per heavy atom. The Morgan fingerprint density at radius 1 is 1.47 bits per heavy atom. The number of rotatable bonds is 3. The first kappa shape index (κ1) is 12.6. The lowest BCUT2D eigenvalue weighted by atomic mass is 9.70. The molecular weight excluding hydrogens is 214 g/mol. The van der Waals surface area contributed by atoms with Crippen LogP contribution in [0.25, 0.3) is 0 Å². The topological polar surface area (TPSA) is 38.3 Å². The van der Waals surface area contributed by atoms with E-state index in [0.717, 1.165) is 44.5 Å². The summed E-state index contributed by atoms with van der Waals surface area (Å²) in [5, 5.41) is 3.40. The van der Waals surface area contributed by atoms with Gasteiger partial charge in [-0.05, 0) is 44.7 Å². The van der Waals surface area contributed by atoms with Crippen LogP contribution in [0.2, 0.25) is 0 Å². The molecule has 1 unspecified atom stereocenters. The highest BCUT2D eigenvalue weighted by Crippen LogP contribution is 2.36. The lowest BCUT2D eigenvalue weighted by molar-refractivity contribution is -0.126. The van der Waals surface area contributed by atoms with Crippen molar-refractivity contribution in [3.63, 3.8) is 0 Å². The largest absolute Gasteiger partial charge is 0.501 e. The van der Waals surface area contributed by atoms with Gasteiger partial charge in [-0.1, -0.05) is 13.8 Å². The van der Waals surface area contributed by atoms with E-state index in [0.29, 0.717) is 5.92 Å². The van der Waals surface area contributed by atoms with Gasteiger partial charge in [0.25, 0.3) is 0 Å². The normalized spacial score (nSPS) is 26.0. The molecule has 1 fully saturated rings. The van der Waals surface area contributed by atoms with Crippen molar-refractivity contribution in [2.24, 2.45) is 11.3 Å². The second kappa shape index (κ2) is 5.21. The fraction of sp³-hybridized carbons (Fsp3) is 0.786. The summed E-state index contributed by atoms with van der Waals surface area (Å²) in [4.78, 5) is 12.5. The molecule has 3 nitrogen and oxygen atoms in total. The molecule has 0 saturated carbocycles. The Kier molecular flexibility index (Phi) is 3.87. The number of carbonyl (C=O) groups is 1. The maximum absolute atomic E-state index is 12.5. The first-order chi connectivity index (χ1) is 8.12. The summed E-state index contributed by atoms with van der Waals surface area (Å²) in [7, 11) is 0. The lowest BCUT2D eigenvalue weighted by Gasteiger charge is -2.36. The molecule has 0 aromatic rings. The molecule has 2 aliphatic heterocycles. The van der Waals surface area contributed by atoms with Crippen molar-refractivity contribution in [2.45, 2.75) is 39.5 Å². The molecule has 3 heteroatoms. The Balaban J connectivity index is 2.07. The van der Waals surface area contributed by atoms with Gasteiger partial charge in [0.1, 0.15) is 0 Å². The Bertz CT molecular complexity index is 314. The average Bonchev–Trinajstić information content (AvgIpc) is 2.40. The van der Waals surface area contributed by atoms with Crippen LogP contribution in [0.1, 0.15) is 39.5 Å². The standard InChI is InChI=1S/C14H23NO2/c1-14(2,12-6-3-7-15-9-12)13(16)11-5-4-8-17-10-11/h10,12,15H,3-9H2,1-2H3. The fourth-order valence-electron chi connectivity index (χ4n) is 2.80. The van der Waals surface area contributed by atoms with Crippen LogP contribution in [0.3, 0.4) is 0 Å². The number of ketones is 1. The van der Waals surface area contributed by atoms with E-state index in [1.807, 2.05) is 0 Å². The first-order valence-corrected chi connectivity index (χ1v) is 6.68. The highest BCUT2D eigenvalue weighted by molar-refractivity contribution is 5.99. The smallest absolute Gasteiger partial charge is 0.167 e. The third-order valence-corrected chi connectivity index (χ3v) is 4.13. The van der Waals surface area contributed by atoms with E-state index in [2.05, 4.69) is 19.2 Å². The minimum atomic E-state index is -0.264. The van der Waals surface area contributed by atoms with Crippen LogP contribution in [0, 0.1) is 11.3 Å². The van der Waals surface area contributed by atoms with Gasteiger partial charge in [0.2, 0.25) is 0 Å². The van der Waals surface area contributed by atoms with E-state index < -0.39 is 0 Å². The maximum atomic E-state index is 12.5. The summed E-state index contributed by atoms with van der Waals surface area (Å²) >= 11 is 0. The van der Waals surface area contributed by atoms with Gasteiger partial charge in [-0.3, -0.25) is 4.79 Å². The van der Waals surface area contributed by atoms with Crippen LogP contribution in [-0.4, -0.2) is 25.5 Å². The highest BCUT2D eigenvalue weighted by atomic mass is 16.5. The molecule has 0 aliphatic carbocycles. The summed E-state index contributed by atoms with van der Waals surface area (Å²) in [6.07, 6.45) is 5.86. The number of carbonyl (C=O) groups excluding carboxylic acids is 1. The average molecular weight is 237 g/mol. The summed E-state index contributed by atoms with van der Waals surface area (Å²) in [6.45, 7) is 6.98. The fourth-order valence-corrected chi connectivity index (χ4v) is 2.80. The van der Waals surface area contributed by atoms with Crippen molar-refractivity contribution in [3.8, 4) is 0 Å². The van der Waals surface area contributed by atoms with E-state index in [1.165, 1.54) is 6.42 Å². The Morgan fingerprint density at radius 2 is 2.29 bits per heavy atom. The van der Waals surface area contributed by atoms with Crippen molar-refractivity contribution in [1.29, 1.82) is 0 Å². The quantitative estimate of drug-likeness (QED) is 0.818. The molecule has 0 spiro atoms. The molecule has 0 radical (unpaired) electrons. The number of ether oxygens (including phenoxy) is 1. The number of nitrogens with one attached hydrogen (secondary N) is 1. The van der Waals surface area contributed by atoms with Gasteiger partial charge in [0, 0.05) is 11.0 Å². The molecule has 0 aromatic carbocycles. The molecule has 0 aromatic heterocycles. The van der Waals surface area contributed by atoms with Crippen LogP contribution in [-0.2, 0) is 9.53 Å². The van der Waals surface area contributed by atoms with Crippen molar-refractivity contribution in [3.05, 3.63) is 11.8 Å². The van der Waals surface area contributed by atoms with Crippen molar-refractivity contribution in [2.75, 3.05) is 19.7 Å². The SMILES string of the molecule is CC(C)(C(=O)C1=COCCC1)C1CCCNC1. The molecule has 0 bridgehead atoms. The second-order valence-electron chi connectivity index (χ2n) is 5.71. The third kappa shape index (κ3) is 2.71. The highest BCUT2D eigenvalue weighted by Gasteiger charge is 2.38. The molecule has 1 atom stereocenters. The van der Waals surface area contributed by atoms with E-state index in [1.54, 1.807) is 6.26 Å². The lowest BCUT2D eigenvalue weighted by Crippen LogP contribution is -2.43. The molecule has 2 heterocycles. The van der Waals surface area contributed by atoms with Gasteiger partial charge in [-0.25, -0.2) is 0 Å². The van der Waals surface area contributed by atoms with Crippen LogP contribution < -0.4 is 5.32 Å². The van der Waals surface area contributed by atoms with Gasteiger partial charge >= 0.3 is 0 Å². The van der Waals surface area contributed by atoms with Crippen LogP contribution >= 0.6 is 0 Å². The predicted molar refractivity (Wildman–Crippen MR) is 67.7 cm³/mol. The maximum Gasteiger partial charge on any atom is 0.167 e. The molecular formula is C14H23NO2. The second-order valence-corrected chi connectivity index (χ2v) is 5.71. The van der Waals surface area contributed by atoms with Gasteiger partial charge in [-0.15, -0.1) is 0 Å². The number of piperidine rings is 1. The molecule has 2 rings (SSSR count). The van der Waals surface area contributed by atoms with E-state index in [4.69, 9.17) is 4.74 Å². The van der Waals surface area contributed by atoms with Crippen molar-refractivity contribution in [1.82, 2.24) is 5.32 Å². The van der Waals surface area contributed by atoms with E-state index in [9.17, 15) is 4.79 Å². The minimum Gasteiger partial charge on any atom is -0.501 e. The molecule has 1 N–H and O–H groups in total. The number of hydrogen-bond donors (Lipinski definition) is 1. The van der Waals surface area contributed by atoms with Crippen LogP contribution in [0.15, 0.2) is 11.8 Å². The zero-order valence-corrected chi connectivity index (χ0v) is 10.9. The molecule has 1 saturated heterocycles. The molecule has 17 heavy (non-hydrogen) atoms. The monoisotopic (exact) mass is 237 g/mol. The summed E-state index contributed by atoms with van der Waals surface area (Å²) < 4.78 is 5.29. The first-order valence-electron chi connectivity index (χ1n) is 6.68. The predicted octanol–water partition coefficient (Wildman–Crippen LogP) is 2.28. The van der Waals surface area contributed by atoms with E-state index in [-0.39, 0.29) is 11.2 Å². The summed E-state index contributed by atoms with van der Waals surface area (Å²) in [5.74, 6) is 0.734. The number of allylic oxidation sites excluding steroid dienone is 1. The Labute approximate surface area is 104 Å². The zero-order valence-electron chi connectivity index (χ0n) is 10.9. The van der Waals surface area contributed by atoms with E-state index >= 15 is 0 Å². The minimum absolute atomic E-state index is 0.264. The van der Waals surface area contributed by atoms with Gasteiger partial charge in [-0.2, -0.15) is 0 Å². The van der Waals surface area contributed by atoms with Crippen molar-refractivity contribution < 1.29 is 9.53 Å². The summed E-state index contributed by atoms with van der Waals surface area (Å²) in [5.41, 5.74) is 0.617. The summed E-state index contributed by atoms with van der Waals surface area (Å²) in [6, 6.07) is 0. The molecule has 96 valence electrons. The van der Waals surface area contributed by atoms with Gasteiger partial charge in [0.15, 0.2) is 5.78 Å². The van der Waals surface area contributed by atoms with Crippen LogP contribution in [0.4, 0.5) is 0 Å². The number of Topliss-reactive ketones (excluding diaryl/α,β-unsaturated/α-hetero) is 1. The van der Waals surface area contributed by atoms with Crippen molar-refractivity contribution >= 4 is 5.78 Å².